The fourth-order valence-corrected chi connectivity index (χ4v) is 1.51. The van der Waals surface area contributed by atoms with Crippen LogP contribution < -0.4 is 10.6 Å². The minimum Gasteiger partial charge on any atom is -0.383 e. The van der Waals surface area contributed by atoms with E-state index in [1.54, 1.807) is 13.2 Å². The molecular weight excluding hydrogens is 291 g/mol. The van der Waals surface area contributed by atoms with E-state index in [1.165, 1.54) is 12.1 Å². The maximum Gasteiger partial charge on any atom is 0.238 e. The van der Waals surface area contributed by atoms with Gasteiger partial charge in [-0.3, -0.25) is 4.79 Å². The summed E-state index contributed by atoms with van der Waals surface area (Å²) in [6.07, 6.45) is 0. The van der Waals surface area contributed by atoms with Gasteiger partial charge in [0.05, 0.1) is 18.8 Å². The number of benzene rings is 1. The summed E-state index contributed by atoms with van der Waals surface area (Å²) < 4.78 is 18.4. The average molecular weight is 305 g/mol. The Hall–Kier alpha value is -0.980. The SMILES string of the molecule is COCCNCC(=O)Nc1cc(F)ccc1Br. The van der Waals surface area contributed by atoms with Gasteiger partial charge in [-0.25, -0.2) is 4.39 Å². The maximum atomic E-state index is 12.9. The molecule has 94 valence electrons. The standard InChI is InChI=1S/C11H14BrFN2O2/c1-17-5-4-14-7-11(16)15-10-6-8(13)2-3-9(10)12/h2-3,6,14H,4-5,7H2,1H3,(H,15,16). The topological polar surface area (TPSA) is 50.4 Å². The highest BCUT2D eigenvalue weighted by atomic mass is 79.9. The number of carbonyl (C=O) groups is 1. The molecule has 0 saturated carbocycles. The summed E-state index contributed by atoms with van der Waals surface area (Å²) in [5.41, 5.74) is 0.420. The van der Waals surface area contributed by atoms with Crippen molar-refractivity contribution in [3.05, 3.63) is 28.5 Å². The van der Waals surface area contributed by atoms with E-state index >= 15 is 0 Å². The first-order chi connectivity index (χ1) is 8.13. The van der Waals surface area contributed by atoms with Crippen molar-refractivity contribution in [3.63, 3.8) is 0 Å². The number of anilines is 1. The highest BCUT2D eigenvalue weighted by molar-refractivity contribution is 9.10. The molecule has 1 rings (SSSR count). The van der Waals surface area contributed by atoms with Gasteiger partial charge in [-0.05, 0) is 34.1 Å². The molecule has 2 N–H and O–H groups in total. The minimum atomic E-state index is -0.393. The third-order valence-corrected chi connectivity index (χ3v) is 2.66. The Kier molecular flexibility index (Phi) is 6.10. The molecule has 0 aliphatic rings. The third-order valence-electron chi connectivity index (χ3n) is 1.97. The van der Waals surface area contributed by atoms with E-state index in [0.29, 0.717) is 23.3 Å². The summed E-state index contributed by atoms with van der Waals surface area (Å²) in [5.74, 6) is -0.622. The quantitative estimate of drug-likeness (QED) is 0.788. The lowest BCUT2D eigenvalue weighted by Gasteiger charge is -2.08. The number of hydrogen-bond acceptors (Lipinski definition) is 3. The van der Waals surface area contributed by atoms with Gasteiger partial charge in [0.25, 0.3) is 0 Å². The third kappa shape index (κ3) is 5.25. The number of nitrogens with one attached hydrogen (secondary N) is 2. The van der Waals surface area contributed by atoms with Crippen molar-refractivity contribution in [3.8, 4) is 0 Å². The Morgan fingerprint density at radius 1 is 1.53 bits per heavy atom. The summed E-state index contributed by atoms with van der Waals surface area (Å²) in [6, 6.07) is 4.12. The van der Waals surface area contributed by atoms with Crippen molar-refractivity contribution in [2.45, 2.75) is 0 Å². The number of rotatable bonds is 6. The van der Waals surface area contributed by atoms with E-state index in [0.717, 1.165) is 0 Å². The van der Waals surface area contributed by atoms with Crippen LogP contribution in [-0.2, 0) is 9.53 Å². The van der Waals surface area contributed by atoms with Crippen LogP contribution in [0, 0.1) is 5.82 Å². The van der Waals surface area contributed by atoms with Gasteiger partial charge in [0.1, 0.15) is 5.82 Å². The zero-order chi connectivity index (χ0) is 12.7. The lowest BCUT2D eigenvalue weighted by molar-refractivity contribution is -0.115. The highest BCUT2D eigenvalue weighted by Crippen LogP contribution is 2.22. The molecule has 0 aliphatic heterocycles. The van der Waals surface area contributed by atoms with Gasteiger partial charge in [-0.15, -0.1) is 0 Å². The fourth-order valence-electron chi connectivity index (χ4n) is 1.16. The highest BCUT2D eigenvalue weighted by Gasteiger charge is 2.06. The Morgan fingerprint density at radius 3 is 3.00 bits per heavy atom. The molecule has 0 bridgehead atoms. The molecule has 0 spiro atoms. The van der Waals surface area contributed by atoms with Crippen LogP contribution in [0.1, 0.15) is 0 Å². The number of hydrogen-bond donors (Lipinski definition) is 2. The van der Waals surface area contributed by atoms with Gasteiger partial charge in [-0.1, -0.05) is 0 Å². The van der Waals surface area contributed by atoms with Gasteiger partial charge >= 0.3 is 0 Å². The summed E-state index contributed by atoms with van der Waals surface area (Å²) in [5, 5.41) is 5.49. The molecule has 17 heavy (non-hydrogen) atoms. The van der Waals surface area contributed by atoms with Gasteiger partial charge < -0.3 is 15.4 Å². The molecule has 0 saturated heterocycles. The van der Waals surface area contributed by atoms with Crippen LogP contribution in [0.15, 0.2) is 22.7 Å². The van der Waals surface area contributed by atoms with E-state index in [-0.39, 0.29) is 12.5 Å². The summed E-state index contributed by atoms with van der Waals surface area (Å²) in [7, 11) is 1.59. The number of amides is 1. The molecule has 1 aromatic rings. The Bertz CT molecular complexity index is 388. The first-order valence-electron chi connectivity index (χ1n) is 5.08. The van der Waals surface area contributed by atoms with Crippen molar-refractivity contribution in [1.29, 1.82) is 0 Å². The number of halogens is 2. The first-order valence-corrected chi connectivity index (χ1v) is 5.87. The van der Waals surface area contributed by atoms with Crippen molar-refractivity contribution in [2.24, 2.45) is 0 Å². The summed E-state index contributed by atoms with van der Waals surface area (Å²) >= 11 is 3.23. The molecule has 0 unspecified atom stereocenters. The van der Waals surface area contributed by atoms with E-state index in [1.807, 2.05) is 0 Å². The predicted molar refractivity (Wildman–Crippen MR) is 67.5 cm³/mol. The normalized spacial score (nSPS) is 10.3. The Morgan fingerprint density at radius 2 is 2.29 bits per heavy atom. The molecule has 1 aromatic carbocycles. The first kappa shape index (κ1) is 14.1. The van der Waals surface area contributed by atoms with Crippen LogP contribution in [0.2, 0.25) is 0 Å². The Labute approximate surface area is 108 Å². The molecule has 0 atom stereocenters. The van der Waals surface area contributed by atoms with E-state index < -0.39 is 5.82 Å². The summed E-state index contributed by atoms with van der Waals surface area (Å²) in [4.78, 5) is 11.5. The van der Waals surface area contributed by atoms with E-state index in [4.69, 9.17) is 4.74 Å². The zero-order valence-corrected chi connectivity index (χ0v) is 11.0. The maximum absolute atomic E-state index is 12.9. The molecule has 0 radical (unpaired) electrons. The second kappa shape index (κ2) is 7.37. The molecule has 6 heteroatoms. The zero-order valence-electron chi connectivity index (χ0n) is 9.43. The largest absolute Gasteiger partial charge is 0.383 e. The minimum absolute atomic E-state index is 0.159. The van der Waals surface area contributed by atoms with Crippen LogP contribution in [-0.4, -0.2) is 32.7 Å². The van der Waals surface area contributed by atoms with Crippen LogP contribution in [0.25, 0.3) is 0 Å². The number of ether oxygens (including phenoxy) is 1. The molecule has 0 fully saturated rings. The van der Waals surface area contributed by atoms with Crippen LogP contribution in [0.5, 0.6) is 0 Å². The summed E-state index contributed by atoms with van der Waals surface area (Å²) in [6.45, 7) is 1.29. The van der Waals surface area contributed by atoms with Crippen LogP contribution in [0.3, 0.4) is 0 Å². The van der Waals surface area contributed by atoms with Crippen molar-refractivity contribution in [2.75, 3.05) is 32.1 Å². The predicted octanol–water partition coefficient (Wildman–Crippen LogP) is 1.76. The number of methoxy groups -OCH3 is 1. The van der Waals surface area contributed by atoms with Crippen LogP contribution >= 0.6 is 15.9 Å². The average Bonchev–Trinajstić information content (AvgIpc) is 2.29. The lowest BCUT2D eigenvalue weighted by Crippen LogP contribution is -2.30. The molecule has 0 aliphatic carbocycles. The van der Waals surface area contributed by atoms with Gasteiger partial charge in [0.15, 0.2) is 0 Å². The second-order valence-corrected chi connectivity index (χ2v) is 4.20. The van der Waals surface area contributed by atoms with Crippen molar-refractivity contribution in [1.82, 2.24) is 5.32 Å². The molecule has 0 heterocycles. The lowest BCUT2D eigenvalue weighted by atomic mass is 10.3. The molecule has 0 aromatic heterocycles. The van der Waals surface area contributed by atoms with Crippen molar-refractivity contribution >= 4 is 27.5 Å². The fraction of sp³-hybridized carbons (Fsp3) is 0.364. The number of carbonyl (C=O) groups excluding carboxylic acids is 1. The van der Waals surface area contributed by atoms with Crippen molar-refractivity contribution < 1.29 is 13.9 Å². The van der Waals surface area contributed by atoms with Crippen LogP contribution in [0.4, 0.5) is 10.1 Å². The van der Waals surface area contributed by atoms with Gasteiger partial charge in [0, 0.05) is 18.1 Å². The second-order valence-electron chi connectivity index (χ2n) is 3.34. The smallest absolute Gasteiger partial charge is 0.238 e. The van der Waals surface area contributed by atoms with Gasteiger partial charge in [0.2, 0.25) is 5.91 Å². The Balaban J connectivity index is 2.42. The molecule has 4 nitrogen and oxygen atoms in total. The van der Waals surface area contributed by atoms with E-state index in [2.05, 4.69) is 26.6 Å². The molecular formula is C11H14BrFN2O2. The van der Waals surface area contributed by atoms with E-state index in [9.17, 15) is 9.18 Å². The monoisotopic (exact) mass is 304 g/mol. The van der Waals surface area contributed by atoms with Gasteiger partial charge in [-0.2, -0.15) is 0 Å². The molecule has 1 amide bonds.